The van der Waals surface area contributed by atoms with E-state index in [4.69, 9.17) is 4.74 Å². The van der Waals surface area contributed by atoms with Crippen LogP contribution in [-0.4, -0.2) is 24.5 Å². The van der Waals surface area contributed by atoms with E-state index >= 15 is 0 Å². The molecule has 0 aliphatic heterocycles. The molecular formula is C17H22BrNO3. The van der Waals surface area contributed by atoms with E-state index < -0.39 is 5.97 Å². The SMILES string of the molecule is C[C@H]1[C@@H](NC(=O)COC(=O)c2ccccc2Br)CCC[C@@H]1C. The maximum atomic E-state index is 12.0. The first kappa shape index (κ1) is 17.0. The molecule has 5 heteroatoms. The smallest absolute Gasteiger partial charge is 0.339 e. The van der Waals surface area contributed by atoms with E-state index in [2.05, 4.69) is 35.1 Å². The molecule has 1 aromatic rings. The minimum absolute atomic E-state index is 0.179. The Labute approximate surface area is 139 Å². The zero-order valence-electron chi connectivity index (χ0n) is 13.0. The Morgan fingerprint density at radius 1 is 1.27 bits per heavy atom. The number of hydrogen-bond acceptors (Lipinski definition) is 3. The van der Waals surface area contributed by atoms with Gasteiger partial charge in [0.25, 0.3) is 5.91 Å². The molecule has 1 aliphatic carbocycles. The molecular weight excluding hydrogens is 346 g/mol. The highest BCUT2D eigenvalue weighted by Crippen LogP contribution is 2.29. The molecule has 2 rings (SSSR count). The lowest BCUT2D eigenvalue weighted by atomic mass is 9.78. The molecule has 4 nitrogen and oxygen atoms in total. The van der Waals surface area contributed by atoms with E-state index in [1.807, 2.05) is 6.07 Å². The first-order valence-electron chi connectivity index (χ1n) is 7.70. The first-order chi connectivity index (χ1) is 10.5. The number of carbonyl (C=O) groups excluding carboxylic acids is 2. The number of rotatable bonds is 4. The monoisotopic (exact) mass is 367 g/mol. The van der Waals surface area contributed by atoms with E-state index in [0.29, 0.717) is 21.9 Å². The van der Waals surface area contributed by atoms with Gasteiger partial charge in [0, 0.05) is 10.5 Å². The third kappa shape index (κ3) is 4.32. The Morgan fingerprint density at radius 2 is 2.00 bits per heavy atom. The number of nitrogens with one attached hydrogen (secondary N) is 1. The Kier molecular flexibility index (Phi) is 6.00. The normalized spacial score (nSPS) is 24.6. The molecule has 1 aromatic carbocycles. The fourth-order valence-corrected chi connectivity index (χ4v) is 3.32. The quantitative estimate of drug-likeness (QED) is 0.827. The summed E-state index contributed by atoms with van der Waals surface area (Å²) >= 11 is 3.30. The van der Waals surface area contributed by atoms with Crippen LogP contribution in [0.25, 0.3) is 0 Å². The number of ether oxygens (including phenoxy) is 1. The number of halogens is 1. The molecule has 0 bridgehead atoms. The van der Waals surface area contributed by atoms with Crippen LogP contribution in [0.4, 0.5) is 0 Å². The van der Waals surface area contributed by atoms with Crippen molar-refractivity contribution in [2.75, 3.05) is 6.61 Å². The first-order valence-corrected chi connectivity index (χ1v) is 8.49. The van der Waals surface area contributed by atoms with Crippen LogP contribution in [0.2, 0.25) is 0 Å². The van der Waals surface area contributed by atoms with Gasteiger partial charge in [-0.1, -0.05) is 38.8 Å². The van der Waals surface area contributed by atoms with E-state index in [9.17, 15) is 9.59 Å². The minimum Gasteiger partial charge on any atom is -0.452 e. The summed E-state index contributed by atoms with van der Waals surface area (Å²) in [6.45, 7) is 4.15. The third-order valence-electron chi connectivity index (χ3n) is 4.48. The molecule has 1 fully saturated rings. The van der Waals surface area contributed by atoms with Gasteiger partial charge in [-0.15, -0.1) is 0 Å². The molecule has 1 saturated carbocycles. The maximum absolute atomic E-state index is 12.0. The number of benzene rings is 1. The summed E-state index contributed by atoms with van der Waals surface area (Å²) in [4.78, 5) is 23.9. The molecule has 0 unspecified atom stereocenters. The average molecular weight is 368 g/mol. The zero-order chi connectivity index (χ0) is 16.1. The molecule has 0 radical (unpaired) electrons. The minimum atomic E-state index is -0.493. The van der Waals surface area contributed by atoms with Crippen molar-refractivity contribution in [1.82, 2.24) is 5.32 Å². The van der Waals surface area contributed by atoms with Crippen molar-refractivity contribution < 1.29 is 14.3 Å². The van der Waals surface area contributed by atoms with Gasteiger partial charge in [0.1, 0.15) is 0 Å². The van der Waals surface area contributed by atoms with Gasteiger partial charge >= 0.3 is 5.97 Å². The number of hydrogen-bond donors (Lipinski definition) is 1. The highest BCUT2D eigenvalue weighted by molar-refractivity contribution is 9.10. The second-order valence-electron chi connectivity index (χ2n) is 6.00. The topological polar surface area (TPSA) is 55.4 Å². The third-order valence-corrected chi connectivity index (χ3v) is 5.17. The predicted octanol–water partition coefficient (Wildman–Crippen LogP) is 3.55. The molecule has 1 aliphatic rings. The molecule has 0 aromatic heterocycles. The van der Waals surface area contributed by atoms with Crippen LogP contribution in [0.5, 0.6) is 0 Å². The van der Waals surface area contributed by atoms with Gasteiger partial charge in [-0.05, 0) is 46.3 Å². The lowest BCUT2D eigenvalue weighted by molar-refractivity contribution is -0.125. The van der Waals surface area contributed by atoms with Crippen LogP contribution in [0.1, 0.15) is 43.5 Å². The summed E-state index contributed by atoms with van der Waals surface area (Å²) in [7, 11) is 0. The van der Waals surface area contributed by atoms with Gasteiger partial charge in [-0.25, -0.2) is 4.79 Å². The van der Waals surface area contributed by atoms with Crippen LogP contribution in [0, 0.1) is 11.8 Å². The van der Waals surface area contributed by atoms with E-state index in [1.54, 1.807) is 18.2 Å². The summed E-state index contributed by atoms with van der Waals surface area (Å²) in [6.07, 6.45) is 3.34. The summed E-state index contributed by atoms with van der Waals surface area (Å²) < 4.78 is 5.76. The highest BCUT2D eigenvalue weighted by Gasteiger charge is 2.28. The molecule has 0 spiro atoms. The molecule has 0 heterocycles. The Bertz CT molecular complexity index is 546. The van der Waals surface area contributed by atoms with Crippen molar-refractivity contribution in [3.63, 3.8) is 0 Å². The average Bonchev–Trinajstić information content (AvgIpc) is 2.50. The van der Waals surface area contributed by atoms with Crippen LogP contribution < -0.4 is 5.32 Å². The van der Waals surface area contributed by atoms with E-state index in [0.717, 1.165) is 12.8 Å². The van der Waals surface area contributed by atoms with Gasteiger partial charge in [0.15, 0.2) is 6.61 Å². The lowest BCUT2D eigenvalue weighted by Gasteiger charge is -2.34. The standard InChI is InChI=1S/C17H22BrNO3/c1-11-6-5-9-15(12(11)2)19-16(20)10-22-17(21)13-7-3-4-8-14(13)18/h3-4,7-8,11-12,15H,5-6,9-10H2,1-2H3,(H,19,20)/t11-,12+,15-/m0/s1. The van der Waals surface area contributed by atoms with Crippen molar-refractivity contribution in [3.05, 3.63) is 34.3 Å². The highest BCUT2D eigenvalue weighted by atomic mass is 79.9. The fraction of sp³-hybridized carbons (Fsp3) is 0.529. The predicted molar refractivity (Wildman–Crippen MR) is 88.5 cm³/mol. The fourth-order valence-electron chi connectivity index (χ4n) is 2.87. The largest absolute Gasteiger partial charge is 0.452 e. The Hall–Kier alpha value is -1.36. The summed E-state index contributed by atoms with van der Waals surface area (Å²) in [6, 6.07) is 7.18. The summed E-state index contributed by atoms with van der Waals surface area (Å²) in [5.41, 5.74) is 0.426. The molecule has 3 atom stereocenters. The lowest BCUT2D eigenvalue weighted by Crippen LogP contribution is -2.45. The van der Waals surface area contributed by atoms with Crippen LogP contribution in [0.3, 0.4) is 0 Å². The number of amides is 1. The van der Waals surface area contributed by atoms with E-state index in [-0.39, 0.29) is 18.6 Å². The van der Waals surface area contributed by atoms with Crippen molar-refractivity contribution in [1.29, 1.82) is 0 Å². The Balaban J connectivity index is 1.83. The van der Waals surface area contributed by atoms with Gasteiger partial charge < -0.3 is 10.1 Å². The van der Waals surface area contributed by atoms with Crippen LogP contribution in [0.15, 0.2) is 28.7 Å². The summed E-state index contributed by atoms with van der Waals surface area (Å²) in [5.74, 6) is 0.345. The summed E-state index contributed by atoms with van der Waals surface area (Å²) in [5, 5.41) is 2.99. The Morgan fingerprint density at radius 3 is 2.73 bits per heavy atom. The van der Waals surface area contributed by atoms with Crippen LogP contribution in [-0.2, 0) is 9.53 Å². The van der Waals surface area contributed by atoms with Gasteiger partial charge in [0.05, 0.1) is 5.56 Å². The van der Waals surface area contributed by atoms with Crippen molar-refractivity contribution in [3.8, 4) is 0 Å². The molecule has 1 amide bonds. The van der Waals surface area contributed by atoms with Gasteiger partial charge in [-0.2, -0.15) is 0 Å². The van der Waals surface area contributed by atoms with Crippen molar-refractivity contribution in [2.24, 2.45) is 11.8 Å². The molecule has 0 saturated heterocycles. The van der Waals surface area contributed by atoms with Gasteiger partial charge in [0.2, 0.25) is 0 Å². The zero-order valence-corrected chi connectivity index (χ0v) is 14.6. The van der Waals surface area contributed by atoms with Crippen molar-refractivity contribution >= 4 is 27.8 Å². The molecule has 120 valence electrons. The van der Waals surface area contributed by atoms with Gasteiger partial charge in [-0.3, -0.25) is 4.79 Å². The number of esters is 1. The maximum Gasteiger partial charge on any atom is 0.339 e. The number of carbonyl (C=O) groups is 2. The second-order valence-corrected chi connectivity index (χ2v) is 6.85. The van der Waals surface area contributed by atoms with E-state index in [1.165, 1.54) is 6.42 Å². The second kappa shape index (κ2) is 7.77. The molecule has 22 heavy (non-hydrogen) atoms. The van der Waals surface area contributed by atoms with Crippen LogP contribution >= 0.6 is 15.9 Å². The molecule has 1 N–H and O–H groups in total. The van der Waals surface area contributed by atoms with Crippen molar-refractivity contribution in [2.45, 2.75) is 39.2 Å².